The molecule has 0 aromatic carbocycles. The van der Waals surface area contributed by atoms with Crippen LogP contribution in [0.2, 0.25) is 0 Å². The highest BCUT2D eigenvalue weighted by atomic mass is 16.5. The summed E-state index contributed by atoms with van der Waals surface area (Å²) in [4.78, 5) is 14.0. The van der Waals surface area contributed by atoms with Crippen LogP contribution in [0, 0.1) is 16.7 Å². The lowest BCUT2D eigenvalue weighted by molar-refractivity contribution is -0.151. The minimum Gasteiger partial charge on any atom is -0.469 e. The molecule has 0 aliphatic carbocycles. The molecule has 0 N–H and O–H groups in total. The molecular formula is C14H27NO2. The topological polar surface area (TPSA) is 29.5 Å². The normalized spacial score (nSPS) is 22.8. The fraction of sp³-hybridized carbons (Fsp3) is 0.929. The van der Waals surface area contributed by atoms with Gasteiger partial charge in [-0.1, -0.05) is 20.8 Å². The quantitative estimate of drug-likeness (QED) is 0.711. The standard InChI is InChI=1S/C14H27NO2/c1-13(2,3)11-7-8-15(9-11)10-14(4,5)12(16)17-6/h11H,7-10H2,1-6H3. The van der Waals surface area contributed by atoms with Gasteiger partial charge in [0.2, 0.25) is 0 Å². The summed E-state index contributed by atoms with van der Waals surface area (Å²) in [6.07, 6.45) is 1.24. The highest BCUT2D eigenvalue weighted by molar-refractivity contribution is 5.76. The van der Waals surface area contributed by atoms with Crippen molar-refractivity contribution in [3.8, 4) is 0 Å². The lowest BCUT2D eigenvalue weighted by Gasteiger charge is -2.30. The van der Waals surface area contributed by atoms with E-state index >= 15 is 0 Å². The highest BCUT2D eigenvalue weighted by Crippen LogP contribution is 2.34. The number of rotatable bonds is 3. The zero-order valence-electron chi connectivity index (χ0n) is 12.2. The van der Waals surface area contributed by atoms with Crippen molar-refractivity contribution in [2.45, 2.75) is 41.0 Å². The fourth-order valence-corrected chi connectivity index (χ4v) is 2.58. The minimum atomic E-state index is -0.401. The summed E-state index contributed by atoms with van der Waals surface area (Å²) in [6.45, 7) is 13.8. The van der Waals surface area contributed by atoms with Gasteiger partial charge in [0.25, 0.3) is 0 Å². The lowest BCUT2D eigenvalue weighted by Crippen LogP contribution is -2.39. The second kappa shape index (κ2) is 4.97. The third-order valence-electron chi connectivity index (χ3n) is 3.85. The first-order chi connectivity index (χ1) is 7.66. The molecule has 1 saturated heterocycles. The molecule has 1 rings (SSSR count). The second-order valence-corrected chi connectivity index (χ2v) is 6.96. The van der Waals surface area contributed by atoms with Crippen LogP contribution in [0.5, 0.6) is 0 Å². The molecule has 0 bridgehead atoms. The summed E-state index contributed by atoms with van der Waals surface area (Å²) in [5.74, 6) is 0.618. The van der Waals surface area contributed by atoms with Crippen molar-refractivity contribution >= 4 is 5.97 Å². The van der Waals surface area contributed by atoms with E-state index in [-0.39, 0.29) is 5.97 Å². The van der Waals surface area contributed by atoms with Crippen molar-refractivity contribution in [1.29, 1.82) is 0 Å². The number of carbonyl (C=O) groups excluding carboxylic acids is 1. The number of nitrogens with zero attached hydrogens (tertiary/aromatic N) is 1. The monoisotopic (exact) mass is 241 g/mol. The SMILES string of the molecule is COC(=O)C(C)(C)CN1CCC(C(C)(C)C)C1. The van der Waals surface area contributed by atoms with Crippen molar-refractivity contribution in [3.05, 3.63) is 0 Å². The summed E-state index contributed by atoms with van der Waals surface area (Å²) < 4.78 is 4.85. The predicted molar refractivity (Wildman–Crippen MR) is 69.8 cm³/mol. The van der Waals surface area contributed by atoms with Crippen LogP contribution in [0.15, 0.2) is 0 Å². The molecule has 1 unspecified atom stereocenters. The van der Waals surface area contributed by atoms with Crippen LogP contribution in [0.1, 0.15) is 41.0 Å². The van der Waals surface area contributed by atoms with Crippen molar-refractivity contribution < 1.29 is 9.53 Å². The van der Waals surface area contributed by atoms with E-state index in [4.69, 9.17) is 4.74 Å². The van der Waals surface area contributed by atoms with Crippen molar-refractivity contribution in [3.63, 3.8) is 0 Å². The Labute approximate surface area is 106 Å². The number of hydrogen-bond donors (Lipinski definition) is 0. The van der Waals surface area contributed by atoms with E-state index < -0.39 is 5.41 Å². The molecule has 1 aliphatic heterocycles. The smallest absolute Gasteiger partial charge is 0.312 e. The van der Waals surface area contributed by atoms with Gasteiger partial charge in [0, 0.05) is 13.1 Å². The van der Waals surface area contributed by atoms with Crippen molar-refractivity contribution in [2.75, 3.05) is 26.7 Å². The average Bonchev–Trinajstić information content (AvgIpc) is 2.63. The van der Waals surface area contributed by atoms with E-state index in [0.29, 0.717) is 5.41 Å². The van der Waals surface area contributed by atoms with Crippen LogP contribution < -0.4 is 0 Å². The molecule has 3 heteroatoms. The first-order valence-corrected chi connectivity index (χ1v) is 6.47. The number of esters is 1. The number of methoxy groups -OCH3 is 1. The van der Waals surface area contributed by atoms with Crippen LogP contribution >= 0.6 is 0 Å². The maximum absolute atomic E-state index is 11.7. The molecule has 0 saturated carbocycles. The van der Waals surface area contributed by atoms with Crippen LogP contribution in [0.4, 0.5) is 0 Å². The number of ether oxygens (including phenoxy) is 1. The average molecular weight is 241 g/mol. The lowest BCUT2D eigenvalue weighted by atomic mass is 9.80. The molecule has 0 radical (unpaired) electrons. The zero-order chi connectivity index (χ0) is 13.3. The summed E-state index contributed by atoms with van der Waals surface area (Å²) in [5.41, 5.74) is -0.0360. The number of likely N-dealkylation sites (tertiary alicyclic amines) is 1. The molecule has 3 nitrogen and oxygen atoms in total. The van der Waals surface area contributed by atoms with Gasteiger partial charge in [-0.3, -0.25) is 4.79 Å². The Bertz CT molecular complexity index is 278. The van der Waals surface area contributed by atoms with Gasteiger partial charge in [0.05, 0.1) is 12.5 Å². The van der Waals surface area contributed by atoms with Crippen molar-refractivity contribution in [1.82, 2.24) is 4.90 Å². The Morgan fingerprint density at radius 1 is 1.29 bits per heavy atom. The molecule has 1 atom stereocenters. The first kappa shape index (κ1) is 14.5. The molecular weight excluding hydrogens is 214 g/mol. The van der Waals surface area contributed by atoms with Crippen molar-refractivity contribution in [2.24, 2.45) is 16.7 Å². The highest BCUT2D eigenvalue weighted by Gasteiger charge is 2.37. The van der Waals surface area contributed by atoms with E-state index in [0.717, 1.165) is 25.6 Å². The van der Waals surface area contributed by atoms with E-state index in [2.05, 4.69) is 25.7 Å². The first-order valence-electron chi connectivity index (χ1n) is 6.47. The Morgan fingerprint density at radius 2 is 1.88 bits per heavy atom. The Hall–Kier alpha value is -0.570. The molecule has 0 aromatic heterocycles. The van der Waals surface area contributed by atoms with Gasteiger partial charge in [-0.05, 0) is 38.1 Å². The van der Waals surface area contributed by atoms with E-state index in [9.17, 15) is 4.79 Å². The van der Waals surface area contributed by atoms with Gasteiger partial charge < -0.3 is 9.64 Å². The molecule has 0 aromatic rings. The van der Waals surface area contributed by atoms with Gasteiger partial charge in [0.1, 0.15) is 0 Å². The van der Waals surface area contributed by atoms with Crippen LogP contribution in [-0.2, 0) is 9.53 Å². The summed E-state index contributed by atoms with van der Waals surface area (Å²) in [7, 11) is 1.46. The number of carbonyl (C=O) groups is 1. The Morgan fingerprint density at radius 3 is 2.29 bits per heavy atom. The van der Waals surface area contributed by atoms with E-state index in [1.165, 1.54) is 13.5 Å². The number of hydrogen-bond acceptors (Lipinski definition) is 3. The van der Waals surface area contributed by atoms with Gasteiger partial charge in [-0.25, -0.2) is 0 Å². The molecule has 100 valence electrons. The van der Waals surface area contributed by atoms with E-state index in [1.54, 1.807) is 0 Å². The Balaban J connectivity index is 2.53. The third kappa shape index (κ3) is 3.70. The third-order valence-corrected chi connectivity index (χ3v) is 3.85. The van der Waals surface area contributed by atoms with Crippen LogP contribution in [-0.4, -0.2) is 37.6 Å². The summed E-state index contributed by atoms with van der Waals surface area (Å²) in [6, 6.07) is 0. The van der Waals surface area contributed by atoms with Crippen LogP contribution in [0.25, 0.3) is 0 Å². The molecule has 1 aliphatic rings. The largest absolute Gasteiger partial charge is 0.469 e. The van der Waals surface area contributed by atoms with Gasteiger partial charge in [-0.2, -0.15) is 0 Å². The van der Waals surface area contributed by atoms with Crippen LogP contribution in [0.3, 0.4) is 0 Å². The maximum Gasteiger partial charge on any atom is 0.312 e. The molecule has 1 fully saturated rings. The predicted octanol–water partition coefficient (Wildman–Crippen LogP) is 2.55. The molecule has 17 heavy (non-hydrogen) atoms. The molecule has 1 heterocycles. The second-order valence-electron chi connectivity index (χ2n) is 6.96. The van der Waals surface area contributed by atoms with E-state index in [1.807, 2.05) is 13.8 Å². The zero-order valence-corrected chi connectivity index (χ0v) is 12.2. The van der Waals surface area contributed by atoms with Gasteiger partial charge in [0.15, 0.2) is 0 Å². The van der Waals surface area contributed by atoms with Gasteiger partial charge in [-0.15, -0.1) is 0 Å². The van der Waals surface area contributed by atoms with Gasteiger partial charge >= 0.3 is 5.97 Å². The summed E-state index contributed by atoms with van der Waals surface area (Å²) >= 11 is 0. The maximum atomic E-state index is 11.7. The molecule has 0 spiro atoms. The Kier molecular flexibility index (Phi) is 4.23. The molecule has 0 amide bonds. The minimum absolute atomic E-state index is 0.114. The summed E-state index contributed by atoms with van der Waals surface area (Å²) in [5, 5.41) is 0. The fourth-order valence-electron chi connectivity index (χ4n) is 2.58.